The van der Waals surface area contributed by atoms with Gasteiger partial charge in [-0.15, -0.1) is 0 Å². The van der Waals surface area contributed by atoms with Crippen molar-refractivity contribution in [2.45, 2.75) is 50.9 Å². The molecule has 3 nitrogen and oxygen atoms in total. The summed E-state index contributed by atoms with van der Waals surface area (Å²) in [6.45, 7) is 3.72. The average Bonchev–Trinajstić information content (AvgIpc) is 3.35. The smallest absolute Gasteiger partial charge is 0.0843 e. The van der Waals surface area contributed by atoms with Gasteiger partial charge in [0, 0.05) is 12.6 Å². The molecular weight excluding hydrogens is 262 g/mol. The minimum absolute atomic E-state index is 0.203. The van der Waals surface area contributed by atoms with Crippen LogP contribution in [-0.2, 0) is 15.9 Å². The summed E-state index contributed by atoms with van der Waals surface area (Å²) in [4.78, 5) is 0. The monoisotopic (exact) mass is 289 g/mol. The highest BCUT2D eigenvalue weighted by Gasteiger charge is 2.38. The summed E-state index contributed by atoms with van der Waals surface area (Å²) in [5.41, 5.74) is 2.82. The maximum absolute atomic E-state index is 6.07. The highest BCUT2D eigenvalue weighted by Crippen LogP contribution is 2.39. The maximum Gasteiger partial charge on any atom is 0.0843 e. The summed E-state index contributed by atoms with van der Waals surface area (Å²) in [5.74, 6) is 0.737. The van der Waals surface area contributed by atoms with Crippen molar-refractivity contribution in [3.8, 4) is 0 Å². The first-order chi connectivity index (χ1) is 10.3. The molecule has 0 amide bonds. The van der Waals surface area contributed by atoms with E-state index in [4.69, 9.17) is 9.47 Å². The third-order valence-corrected chi connectivity index (χ3v) is 4.77. The molecule has 116 valence electrons. The van der Waals surface area contributed by atoms with Crippen LogP contribution >= 0.6 is 0 Å². The van der Waals surface area contributed by atoms with Crippen molar-refractivity contribution in [2.24, 2.45) is 5.92 Å². The number of fused-ring (bicyclic) bond motifs is 1. The topological polar surface area (TPSA) is 30.5 Å². The van der Waals surface area contributed by atoms with Gasteiger partial charge in [0.15, 0.2) is 0 Å². The number of ether oxygens (including phenoxy) is 2. The van der Waals surface area contributed by atoms with Gasteiger partial charge in [-0.1, -0.05) is 24.3 Å². The zero-order valence-electron chi connectivity index (χ0n) is 13.2. The number of rotatable bonds is 7. The van der Waals surface area contributed by atoms with Crippen LogP contribution in [0.15, 0.2) is 24.3 Å². The van der Waals surface area contributed by atoms with Gasteiger partial charge in [-0.05, 0) is 56.7 Å². The van der Waals surface area contributed by atoms with E-state index in [0.717, 1.165) is 32.0 Å². The van der Waals surface area contributed by atoms with E-state index in [1.165, 1.54) is 24.0 Å². The standard InChI is InChI=1S/C18H27NO2/c1-3-20-18(14-8-9-14)16(19-2)12-17-15-7-5-4-6-13(15)10-11-21-17/h4-7,14,16-19H,3,8-12H2,1-2H3. The Hall–Kier alpha value is -0.900. The van der Waals surface area contributed by atoms with E-state index in [2.05, 4.69) is 36.5 Å². The molecule has 2 aliphatic rings. The highest BCUT2D eigenvalue weighted by atomic mass is 16.5. The van der Waals surface area contributed by atoms with Gasteiger partial charge in [0.25, 0.3) is 0 Å². The maximum atomic E-state index is 6.07. The molecule has 1 aromatic carbocycles. The van der Waals surface area contributed by atoms with Crippen LogP contribution in [0.1, 0.15) is 43.4 Å². The molecule has 1 aliphatic carbocycles. The lowest BCUT2D eigenvalue weighted by Crippen LogP contribution is -2.42. The van der Waals surface area contributed by atoms with Gasteiger partial charge < -0.3 is 14.8 Å². The largest absolute Gasteiger partial charge is 0.377 e. The molecule has 3 unspecified atom stereocenters. The number of nitrogens with one attached hydrogen (secondary N) is 1. The summed E-state index contributed by atoms with van der Waals surface area (Å²) < 4.78 is 12.1. The van der Waals surface area contributed by atoms with E-state index in [1.807, 2.05) is 7.05 Å². The normalized spacial score (nSPS) is 24.4. The number of hydrogen-bond donors (Lipinski definition) is 1. The Morgan fingerprint density at radius 2 is 2.14 bits per heavy atom. The minimum Gasteiger partial charge on any atom is -0.377 e. The van der Waals surface area contributed by atoms with Crippen LogP contribution in [0.4, 0.5) is 0 Å². The second-order valence-electron chi connectivity index (χ2n) is 6.20. The van der Waals surface area contributed by atoms with Crippen molar-refractivity contribution < 1.29 is 9.47 Å². The summed E-state index contributed by atoms with van der Waals surface area (Å²) in [7, 11) is 2.05. The Balaban J connectivity index is 1.72. The minimum atomic E-state index is 0.203. The molecule has 0 bridgehead atoms. The van der Waals surface area contributed by atoms with E-state index in [-0.39, 0.29) is 6.10 Å². The molecule has 0 saturated heterocycles. The fourth-order valence-corrected chi connectivity index (χ4v) is 3.52. The Kier molecular flexibility index (Phi) is 4.94. The fraction of sp³-hybridized carbons (Fsp3) is 0.667. The van der Waals surface area contributed by atoms with Crippen molar-refractivity contribution >= 4 is 0 Å². The predicted molar refractivity (Wildman–Crippen MR) is 84.4 cm³/mol. The molecule has 0 spiro atoms. The first kappa shape index (κ1) is 15.0. The molecule has 0 radical (unpaired) electrons. The summed E-state index contributed by atoms with van der Waals surface area (Å²) >= 11 is 0. The van der Waals surface area contributed by atoms with Crippen molar-refractivity contribution in [3.63, 3.8) is 0 Å². The average molecular weight is 289 g/mol. The molecule has 3 rings (SSSR count). The quantitative estimate of drug-likeness (QED) is 0.836. The van der Waals surface area contributed by atoms with Crippen molar-refractivity contribution in [3.05, 3.63) is 35.4 Å². The van der Waals surface area contributed by atoms with Crippen LogP contribution in [0.5, 0.6) is 0 Å². The third kappa shape index (κ3) is 3.47. The van der Waals surface area contributed by atoms with Gasteiger partial charge in [0.2, 0.25) is 0 Å². The number of hydrogen-bond acceptors (Lipinski definition) is 3. The number of likely N-dealkylation sites (N-methyl/N-ethyl adjacent to an activating group) is 1. The van der Waals surface area contributed by atoms with Gasteiger partial charge in [0.1, 0.15) is 0 Å². The van der Waals surface area contributed by atoms with Gasteiger partial charge in [-0.3, -0.25) is 0 Å². The van der Waals surface area contributed by atoms with Crippen molar-refractivity contribution in [1.29, 1.82) is 0 Å². The predicted octanol–water partition coefficient (Wildman–Crippen LogP) is 3.09. The Bertz CT molecular complexity index is 458. The fourth-order valence-electron chi connectivity index (χ4n) is 3.52. The SMILES string of the molecule is CCOC(C1CC1)C(CC1OCCc2ccccc21)NC. The molecule has 1 fully saturated rings. The van der Waals surface area contributed by atoms with E-state index in [9.17, 15) is 0 Å². The first-order valence-electron chi connectivity index (χ1n) is 8.31. The molecule has 1 aromatic rings. The third-order valence-electron chi connectivity index (χ3n) is 4.77. The molecule has 0 aromatic heterocycles. The van der Waals surface area contributed by atoms with Gasteiger partial charge in [0.05, 0.1) is 18.8 Å². The zero-order chi connectivity index (χ0) is 14.7. The Morgan fingerprint density at radius 3 is 2.86 bits per heavy atom. The molecule has 3 heteroatoms. The van der Waals surface area contributed by atoms with Crippen LogP contribution in [0.25, 0.3) is 0 Å². The molecular formula is C18H27NO2. The van der Waals surface area contributed by atoms with E-state index < -0.39 is 0 Å². The number of benzene rings is 1. The Morgan fingerprint density at radius 1 is 1.33 bits per heavy atom. The molecule has 3 atom stereocenters. The first-order valence-corrected chi connectivity index (χ1v) is 8.31. The summed E-state index contributed by atoms with van der Waals surface area (Å²) in [6.07, 6.45) is 5.19. The van der Waals surface area contributed by atoms with Crippen LogP contribution < -0.4 is 5.32 Å². The van der Waals surface area contributed by atoms with Crippen LogP contribution in [0.3, 0.4) is 0 Å². The van der Waals surface area contributed by atoms with Crippen molar-refractivity contribution in [2.75, 3.05) is 20.3 Å². The molecule has 1 aliphatic heterocycles. The molecule has 1 saturated carbocycles. The second kappa shape index (κ2) is 6.91. The second-order valence-corrected chi connectivity index (χ2v) is 6.20. The van der Waals surface area contributed by atoms with Gasteiger partial charge >= 0.3 is 0 Å². The van der Waals surface area contributed by atoms with Crippen molar-refractivity contribution in [1.82, 2.24) is 5.32 Å². The van der Waals surface area contributed by atoms with E-state index in [1.54, 1.807) is 0 Å². The molecule has 1 N–H and O–H groups in total. The lowest BCUT2D eigenvalue weighted by atomic mass is 9.91. The highest BCUT2D eigenvalue weighted by molar-refractivity contribution is 5.31. The summed E-state index contributed by atoms with van der Waals surface area (Å²) in [5, 5.41) is 3.48. The summed E-state index contributed by atoms with van der Waals surface area (Å²) in [6, 6.07) is 9.08. The Labute approximate surface area is 128 Å². The van der Waals surface area contributed by atoms with E-state index in [0.29, 0.717) is 12.1 Å². The lowest BCUT2D eigenvalue weighted by molar-refractivity contribution is -0.0162. The van der Waals surface area contributed by atoms with Crippen LogP contribution in [0, 0.1) is 5.92 Å². The van der Waals surface area contributed by atoms with Gasteiger partial charge in [-0.25, -0.2) is 0 Å². The lowest BCUT2D eigenvalue weighted by Gasteiger charge is -2.33. The molecule has 1 heterocycles. The zero-order valence-corrected chi connectivity index (χ0v) is 13.2. The van der Waals surface area contributed by atoms with Crippen LogP contribution in [0.2, 0.25) is 0 Å². The van der Waals surface area contributed by atoms with Crippen LogP contribution in [-0.4, -0.2) is 32.4 Å². The molecule has 21 heavy (non-hydrogen) atoms. The van der Waals surface area contributed by atoms with E-state index >= 15 is 0 Å². The van der Waals surface area contributed by atoms with Gasteiger partial charge in [-0.2, -0.15) is 0 Å².